The van der Waals surface area contributed by atoms with E-state index in [1.54, 1.807) is 0 Å². The van der Waals surface area contributed by atoms with E-state index in [0.717, 1.165) is 53.1 Å². The molecule has 2 saturated carbocycles. The summed E-state index contributed by atoms with van der Waals surface area (Å²) in [5.41, 5.74) is 5.58. The molecule has 0 spiro atoms. The zero-order chi connectivity index (χ0) is 23.0. The maximum absolute atomic E-state index is 11.6. The summed E-state index contributed by atoms with van der Waals surface area (Å²) in [6.07, 6.45) is 8.01. The topological polar surface area (TPSA) is 66.6 Å². The predicted octanol–water partition coefficient (Wildman–Crippen LogP) is 6.20. The SMILES string of the molecule is Cc1noc(-c2ccc(-c3ccc(C4(C(=O)O)CC4)cc3)cc2)c1CN(C)C1CCCCC1. The molecular weight excluding hydrogens is 412 g/mol. The van der Waals surface area contributed by atoms with Gasteiger partial charge >= 0.3 is 5.97 Å². The lowest BCUT2D eigenvalue weighted by Gasteiger charge is -2.31. The smallest absolute Gasteiger partial charge is 0.314 e. The molecule has 0 aliphatic heterocycles. The molecule has 33 heavy (non-hydrogen) atoms. The average Bonchev–Trinajstić information content (AvgIpc) is 3.59. The molecule has 5 nitrogen and oxygen atoms in total. The summed E-state index contributed by atoms with van der Waals surface area (Å²) in [5, 5.41) is 13.8. The fourth-order valence-electron chi connectivity index (χ4n) is 5.25. The van der Waals surface area contributed by atoms with Crippen molar-refractivity contribution >= 4 is 5.97 Å². The number of carboxylic acids is 1. The van der Waals surface area contributed by atoms with Crippen LogP contribution in [0.5, 0.6) is 0 Å². The third kappa shape index (κ3) is 4.22. The van der Waals surface area contributed by atoms with Gasteiger partial charge in [-0.05, 0) is 56.3 Å². The van der Waals surface area contributed by atoms with Crippen molar-refractivity contribution in [1.82, 2.24) is 10.1 Å². The second-order valence-electron chi connectivity index (χ2n) is 9.82. The van der Waals surface area contributed by atoms with Gasteiger partial charge in [0, 0.05) is 23.7 Å². The third-order valence-electron chi connectivity index (χ3n) is 7.67. The molecule has 0 amide bonds. The van der Waals surface area contributed by atoms with Crippen molar-refractivity contribution in [3.63, 3.8) is 0 Å². The number of benzene rings is 2. The van der Waals surface area contributed by atoms with Crippen molar-refractivity contribution < 1.29 is 14.4 Å². The number of aromatic nitrogens is 1. The number of hydrogen-bond donors (Lipinski definition) is 1. The first-order chi connectivity index (χ1) is 16.0. The Balaban J connectivity index is 1.33. The maximum Gasteiger partial charge on any atom is 0.314 e. The number of nitrogens with zero attached hydrogens (tertiary/aromatic N) is 2. The lowest BCUT2D eigenvalue weighted by atomic mass is 9.93. The van der Waals surface area contributed by atoms with Crippen LogP contribution in [0.15, 0.2) is 53.1 Å². The molecule has 2 aliphatic rings. The first kappa shape index (κ1) is 21.9. The molecular formula is C28H32N2O3. The number of carbonyl (C=O) groups is 1. The Morgan fingerprint density at radius 3 is 2.15 bits per heavy atom. The van der Waals surface area contributed by atoms with Gasteiger partial charge in [-0.15, -0.1) is 0 Å². The maximum atomic E-state index is 11.6. The molecule has 1 N–H and O–H groups in total. The number of rotatable bonds is 7. The van der Waals surface area contributed by atoms with Crippen LogP contribution in [-0.4, -0.2) is 34.2 Å². The van der Waals surface area contributed by atoms with E-state index < -0.39 is 11.4 Å². The molecule has 1 aromatic heterocycles. The van der Waals surface area contributed by atoms with Gasteiger partial charge in [0.05, 0.1) is 11.1 Å². The Labute approximate surface area is 195 Å². The van der Waals surface area contributed by atoms with Gasteiger partial charge < -0.3 is 9.63 Å². The highest BCUT2D eigenvalue weighted by molar-refractivity contribution is 5.85. The number of hydrogen-bond acceptors (Lipinski definition) is 4. The van der Waals surface area contributed by atoms with E-state index >= 15 is 0 Å². The second kappa shape index (κ2) is 8.79. The first-order valence-corrected chi connectivity index (χ1v) is 12.1. The van der Waals surface area contributed by atoms with Crippen molar-refractivity contribution in [2.45, 2.75) is 69.9 Å². The Kier molecular flexibility index (Phi) is 5.83. The predicted molar refractivity (Wildman–Crippen MR) is 129 cm³/mol. The number of aliphatic carboxylic acids is 1. The van der Waals surface area contributed by atoms with Gasteiger partial charge in [-0.25, -0.2) is 0 Å². The van der Waals surface area contributed by atoms with Crippen LogP contribution in [0.1, 0.15) is 61.8 Å². The minimum Gasteiger partial charge on any atom is -0.481 e. The van der Waals surface area contributed by atoms with Gasteiger partial charge in [0.2, 0.25) is 0 Å². The molecule has 2 fully saturated rings. The first-order valence-electron chi connectivity index (χ1n) is 12.1. The van der Waals surface area contributed by atoms with Crippen LogP contribution in [0.25, 0.3) is 22.5 Å². The summed E-state index contributed by atoms with van der Waals surface area (Å²) in [5.74, 6) is 0.140. The van der Waals surface area contributed by atoms with E-state index in [2.05, 4.69) is 41.4 Å². The van der Waals surface area contributed by atoms with E-state index in [1.807, 2.05) is 31.2 Å². The highest BCUT2D eigenvalue weighted by atomic mass is 16.5. The van der Waals surface area contributed by atoms with Crippen LogP contribution in [0, 0.1) is 6.92 Å². The second-order valence-corrected chi connectivity index (χ2v) is 9.82. The monoisotopic (exact) mass is 444 g/mol. The highest BCUT2D eigenvalue weighted by Crippen LogP contribution is 2.48. The molecule has 0 unspecified atom stereocenters. The van der Waals surface area contributed by atoms with Gasteiger partial charge in [0.15, 0.2) is 5.76 Å². The number of aryl methyl sites for hydroxylation is 1. The largest absolute Gasteiger partial charge is 0.481 e. The normalized spacial score (nSPS) is 17.9. The van der Waals surface area contributed by atoms with Crippen LogP contribution in [0.3, 0.4) is 0 Å². The van der Waals surface area contributed by atoms with Gasteiger partial charge in [-0.2, -0.15) is 0 Å². The summed E-state index contributed by atoms with van der Waals surface area (Å²) < 4.78 is 5.77. The average molecular weight is 445 g/mol. The Morgan fingerprint density at radius 2 is 1.58 bits per heavy atom. The van der Waals surface area contributed by atoms with Gasteiger partial charge in [0.1, 0.15) is 0 Å². The van der Waals surface area contributed by atoms with Crippen molar-refractivity contribution in [3.8, 4) is 22.5 Å². The molecule has 0 radical (unpaired) electrons. The van der Waals surface area contributed by atoms with E-state index in [0.29, 0.717) is 6.04 Å². The van der Waals surface area contributed by atoms with Crippen LogP contribution < -0.4 is 0 Å². The van der Waals surface area contributed by atoms with Crippen LogP contribution in [0.4, 0.5) is 0 Å². The standard InChI is InChI=1S/C28H32N2O3/c1-19-25(18-30(2)24-6-4-3-5-7-24)26(33-29-19)22-10-8-20(9-11-22)21-12-14-23(15-13-21)28(16-17-28)27(31)32/h8-15,24H,3-7,16-18H2,1-2H3,(H,31,32). The Morgan fingerprint density at radius 1 is 1.00 bits per heavy atom. The Hall–Kier alpha value is -2.92. The lowest BCUT2D eigenvalue weighted by molar-refractivity contribution is -0.140. The summed E-state index contributed by atoms with van der Waals surface area (Å²) in [4.78, 5) is 14.0. The summed E-state index contributed by atoms with van der Waals surface area (Å²) >= 11 is 0. The molecule has 2 aromatic carbocycles. The van der Waals surface area contributed by atoms with Crippen molar-refractivity contribution in [2.75, 3.05) is 7.05 Å². The molecule has 172 valence electrons. The zero-order valence-electron chi connectivity index (χ0n) is 19.5. The summed E-state index contributed by atoms with van der Waals surface area (Å²) in [6, 6.07) is 17.0. The van der Waals surface area contributed by atoms with E-state index in [-0.39, 0.29) is 0 Å². The molecule has 2 aliphatic carbocycles. The van der Waals surface area contributed by atoms with Gasteiger partial charge in [0.25, 0.3) is 0 Å². The van der Waals surface area contributed by atoms with E-state index in [1.165, 1.54) is 37.7 Å². The fraction of sp³-hybridized carbons (Fsp3) is 0.429. The zero-order valence-corrected chi connectivity index (χ0v) is 19.5. The lowest BCUT2D eigenvalue weighted by Crippen LogP contribution is -2.33. The summed E-state index contributed by atoms with van der Waals surface area (Å²) in [6.45, 7) is 2.88. The summed E-state index contributed by atoms with van der Waals surface area (Å²) in [7, 11) is 2.22. The molecule has 0 atom stereocenters. The molecule has 0 bridgehead atoms. The highest BCUT2D eigenvalue weighted by Gasteiger charge is 2.51. The van der Waals surface area contributed by atoms with E-state index in [9.17, 15) is 9.90 Å². The van der Waals surface area contributed by atoms with Crippen molar-refractivity contribution in [2.24, 2.45) is 0 Å². The fourth-order valence-corrected chi connectivity index (χ4v) is 5.25. The minimum absolute atomic E-state index is 0.641. The number of carboxylic acid groups (broad SMARTS) is 1. The van der Waals surface area contributed by atoms with Gasteiger partial charge in [-0.1, -0.05) is 73.0 Å². The van der Waals surface area contributed by atoms with Crippen molar-refractivity contribution in [1.29, 1.82) is 0 Å². The molecule has 5 rings (SSSR count). The molecule has 3 aromatic rings. The minimum atomic E-state index is -0.716. The van der Waals surface area contributed by atoms with Crippen LogP contribution in [0.2, 0.25) is 0 Å². The quantitative estimate of drug-likeness (QED) is 0.470. The van der Waals surface area contributed by atoms with Crippen molar-refractivity contribution in [3.05, 3.63) is 65.4 Å². The van der Waals surface area contributed by atoms with Gasteiger partial charge in [-0.3, -0.25) is 9.69 Å². The molecule has 5 heteroatoms. The van der Waals surface area contributed by atoms with E-state index in [4.69, 9.17) is 4.52 Å². The molecule has 0 saturated heterocycles. The van der Waals surface area contributed by atoms with Crippen LogP contribution in [-0.2, 0) is 16.8 Å². The van der Waals surface area contributed by atoms with Crippen LogP contribution >= 0.6 is 0 Å². The Bertz CT molecular complexity index is 1120. The molecule has 1 heterocycles. The third-order valence-corrected chi connectivity index (χ3v) is 7.67.